The quantitative estimate of drug-likeness (QED) is 0.471. The van der Waals surface area contributed by atoms with E-state index in [-0.39, 0.29) is 40.7 Å². The molecule has 2 amide bonds. The van der Waals surface area contributed by atoms with Gasteiger partial charge in [0, 0.05) is 24.2 Å². The minimum Gasteiger partial charge on any atom is -0.459 e. The van der Waals surface area contributed by atoms with Gasteiger partial charge in [0.05, 0.1) is 16.3 Å². The Labute approximate surface area is 205 Å². The van der Waals surface area contributed by atoms with E-state index in [2.05, 4.69) is 20.7 Å². The monoisotopic (exact) mass is 501 g/mol. The van der Waals surface area contributed by atoms with Gasteiger partial charge in [0.2, 0.25) is 0 Å². The fourth-order valence-corrected chi connectivity index (χ4v) is 3.76. The minimum absolute atomic E-state index is 0.0886. The minimum atomic E-state index is -0.561. The lowest BCUT2D eigenvalue weighted by Crippen LogP contribution is -2.27. The summed E-state index contributed by atoms with van der Waals surface area (Å²) in [6.45, 7) is 2.88. The van der Waals surface area contributed by atoms with Gasteiger partial charge in [0.25, 0.3) is 11.8 Å². The summed E-state index contributed by atoms with van der Waals surface area (Å²) >= 11 is 12.5. The molecule has 1 aromatic carbocycles. The molecule has 1 saturated carbocycles. The number of amides is 2. The summed E-state index contributed by atoms with van der Waals surface area (Å²) < 4.78 is 6.29. The summed E-state index contributed by atoms with van der Waals surface area (Å²) in [5, 5.41) is 10.7. The number of benzene rings is 1. The summed E-state index contributed by atoms with van der Waals surface area (Å²) in [6.07, 6.45) is 3.35. The average Bonchev–Trinajstić information content (AvgIpc) is 3.49. The Morgan fingerprint density at radius 2 is 1.94 bits per heavy atom. The van der Waals surface area contributed by atoms with Gasteiger partial charge in [-0.3, -0.25) is 14.4 Å². The number of carbonyl (C=O) groups is 3. The predicted octanol–water partition coefficient (Wildman–Crippen LogP) is 4.09. The number of aryl methyl sites for hydroxylation is 1. The van der Waals surface area contributed by atoms with Crippen molar-refractivity contribution in [2.75, 3.05) is 5.32 Å². The molecule has 34 heavy (non-hydrogen) atoms. The van der Waals surface area contributed by atoms with Crippen LogP contribution in [0.4, 0.5) is 5.69 Å². The third-order valence-corrected chi connectivity index (χ3v) is 5.56. The topological polar surface area (TPSA) is 115 Å². The number of carbonyl (C=O) groups excluding carboxylic acids is 3. The van der Waals surface area contributed by atoms with Crippen LogP contribution in [-0.2, 0) is 16.1 Å². The first-order valence-corrected chi connectivity index (χ1v) is 11.2. The van der Waals surface area contributed by atoms with Crippen LogP contribution in [0.3, 0.4) is 0 Å². The molecule has 3 aromatic rings. The first-order chi connectivity index (χ1) is 16.2. The van der Waals surface area contributed by atoms with Gasteiger partial charge >= 0.3 is 5.97 Å². The molecule has 0 unspecified atom stereocenters. The maximum absolute atomic E-state index is 13.4. The normalized spacial score (nSPS) is 12.8. The fraction of sp³-hybridized carbons (Fsp3) is 0.261. The molecule has 0 atom stereocenters. The van der Waals surface area contributed by atoms with Gasteiger partial charge in [-0.1, -0.05) is 23.2 Å². The number of hydrogen-bond donors (Lipinski definition) is 2. The lowest BCUT2D eigenvalue weighted by atomic mass is 10.1. The number of nitrogens with zero attached hydrogens (tertiary/aromatic N) is 3. The molecule has 4 rings (SSSR count). The Bertz CT molecular complexity index is 1290. The second kappa shape index (κ2) is 9.82. The molecule has 2 heterocycles. The van der Waals surface area contributed by atoms with E-state index in [4.69, 9.17) is 27.9 Å². The van der Waals surface area contributed by atoms with Crippen LogP contribution < -0.4 is 10.6 Å². The van der Waals surface area contributed by atoms with Crippen LogP contribution in [0, 0.1) is 6.92 Å². The first kappa shape index (κ1) is 23.7. The maximum Gasteiger partial charge on any atom is 0.303 e. The second-order valence-corrected chi connectivity index (χ2v) is 8.71. The van der Waals surface area contributed by atoms with Crippen molar-refractivity contribution in [1.29, 1.82) is 0 Å². The van der Waals surface area contributed by atoms with E-state index < -0.39 is 11.9 Å². The lowest BCUT2D eigenvalue weighted by molar-refractivity contribution is -0.142. The molecule has 11 heteroatoms. The Morgan fingerprint density at radius 3 is 2.62 bits per heavy atom. The number of aromatic nitrogens is 3. The number of pyridine rings is 1. The zero-order chi connectivity index (χ0) is 24.4. The Morgan fingerprint density at radius 1 is 1.18 bits per heavy atom. The second-order valence-electron chi connectivity index (χ2n) is 7.87. The van der Waals surface area contributed by atoms with Crippen LogP contribution in [0.15, 0.2) is 36.5 Å². The number of rotatable bonds is 7. The van der Waals surface area contributed by atoms with Gasteiger partial charge < -0.3 is 15.4 Å². The molecule has 2 N–H and O–H groups in total. The van der Waals surface area contributed by atoms with Gasteiger partial charge in [-0.2, -0.15) is 5.10 Å². The van der Waals surface area contributed by atoms with Crippen molar-refractivity contribution in [2.45, 2.75) is 39.3 Å². The lowest BCUT2D eigenvalue weighted by Gasteiger charge is -2.15. The molecule has 1 aliphatic carbocycles. The summed E-state index contributed by atoms with van der Waals surface area (Å²) in [6, 6.07) is 8.04. The Kier molecular flexibility index (Phi) is 6.85. The highest BCUT2D eigenvalue weighted by Gasteiger charge is 2.27. The van der Waals surface area contributed by atoms with Crippen molar-refractivity contribution < 1.29 is 19.1 Å². The molecule has 2 aromatic heterocycles. The van der Waals surface area contributed by atoms with Crippen molar-refractivity contribution in [3.8, 4) is 5.82 Å². The summed E-state index contributed by atoms with van der Waals surface area (Å²) in [5.74, 6) is -1.14. The number of esters is 1. The van der Waals surface area contributed by atoms with Crippen LogP contribution in [0.1, 0.15) is 51.9 Å². The summed E-state index contributed by atoms with van der Waals surface area (Å²) in [5.41, 5.74) is 1.61. The largest absolute Gasteiger partial charge is 0.459 e. The molecule has 0 saturated heterocycles. The molecule has 176 valence electrons. The van der Waals surface area contributed by atoms with E-state index in [9.17, 15) is 14.4 Å². The summed E-state index contributed by atoms with van der Waals surface area (Å²) in [4.78, 5) is 41.7. The maximum atomic E-state index is 13.4. The smallest absolute Gasteiger partial charge is 0.303 e. The van der Waals surface area contributed by atoms with E-state index in [1.165, 1.54) is 29.9 Å². The van der Waals surface area contributed by atoms with E-state index >= 15 is 0 Å². The number of hydrogen-bond acceptors (Lipinski definition) is 6. The van der Waals surface area contributed by atoms with Gasteiger partial charge in [-0.05, 0) is 55.7 Å². The van der Waals surface area contributed by atoms with Crippen molar-refractivity contribution in [1.82, 2.24) is 20.1 Å². The van der Waals surface area contributed by atoms with Gasteiger partial charge in [-0.15, -0.1) is 0 Å². The van der Waals surface area contributed by atoms with Crippen LogP contribution in [0.5, 0.6) is 0 Å². The predicted molar refractivity (Wildman–Crippen MR) is 126 cm³/mol. The van der Waals surface area contributed by atoms with E-state index in [1.54, 1.807) is 25.1 Å². The SMILES string of the molecule is CC(=O)OCc1cc(C(=O)Nc2c(C)cc(Cl)cc2C(=O)NC2CC2)n(-c2ncccc2Cl)n1. The first-order valence-electron chi connectivity index (χ1n) is 10.5. The molecular weight excluding hydrogens is 481 g/mol. The molecule has 0 radical (unpaired) electrons. The van der Waals surface area contributed by atoms with Crippen LogP contribution in [0.25, 0.3) is 5.82 Å². The number of anilines is 1. The van der Waals surface area contributed by atoms with Gasteiger partial charge in [0.15, 0.2) is 5.82 Å². The average molecular weight is 502 g/mol. The van der Waals surface area contributed by atoms with Gasteiger partial charge in [-0.25, -0.2) is 9.67 Å². The van der Waals surface area contributed by atoms with Crippen LogP contribution in [-0.4, -0.2) is 38.6 Å². The molecular formula is C23H21Cl2N5O4. The van der Waals surface area contributed by atoms with Crippen LogP contribution >= 0.6 is 23.2 Å². The van der Waals surface area contributed by atoms with Crippen molar-refractivity contribution in [2.24, 2.45) is 0 Å². The van der Waals surface area contributed by atoms with Crippen LogP contribution in [0.2, 0.25) is 10.0 Å². The third-order valence-electron chi connectivity index (χ3n) is 5.05. The van der Waals surface area contributed by atoms with E-state index in [1.807, 2.05) is 0 Å². The molecule has 1 fully saturated rings. The molecule has 0 aliphatic heterocycles. The molecule has 0 bridgehead atoms. The van der Waals surface area contributed by atoms with Crippen molar-refractivity contribution in [3.63, 3.8) is 0 Å². The fourth-order valence-electron chi connectivity index (χ4n) is 3.29. The Hall–Kier alpha value is -3.43. The molecule has 9 nitrogen and oxygen atoms in total. The zero-order valence-corrected chi connectivity index (χ0v) is 19.9. The van der Waals surface area contributed by atoms with Crippen molar-refractivity contribution >= 4 is 46.7 Å². The standard InChI is InChI=1S/C23H21Cl2N5O4/c1-12-8-14(24)9-17(22(32)27-15-5-6-15)20(12)28-23(33)19-10-16(11-34-13(2)31)29-30(19)21-18(25)4-3-7-26-21/h3-4,7-10,15H,5-6,11H2,1-2H3,(H,27,32)(H,28,33). The zero-order valence-electron chi connectivity index (χ0n) is 18.4. The highest BCUT2D eigenvalue weighted by molar-refractivity contribution is 6.32. The number of nitrogens with one attached hydrogen (secondary N) is 2. The highest BCUT2D eigenvalue weighted by Crippen LogP contribution is 2.28. The molecule has 1 aliphatic rings. The van der Waals surface area contributed by atoms with Gasteiger partial charge in [0.1, 0.15) is 18.0 Å². The van der Waals surface area contributed by atoms with E-state index in [0.29, 0.717) is 22.0 Å². The Balaban J connectivity index is 1.71. The summed E-state index contributed by atoms with van der Waals surface area (Å²) in [7, 11) is 0. The van der Waals surface area contributed by atoms with E-state index in [0.717, 1.165) is 12.8 Å². The number of ether oxygens (including phenoxy) is 1. The molecule has 0 spiro atoms. The number of halogens is 2. The third kappa shape index (κ3) is 5.37. The van der Waals surface area contributed by atoms with Crippen molar-refractivity contribution in [3.05, 3.63) is 69.1 Å². The highest BCUT2D eigenvalue weighted by atomic mass is 35.5.